The van der Waals surface area contributed by atoms with Gasteiger partial charge in [-0.2, -0.15) is 0 Å². The Bertz CT molecular complexity index is 1120. The monoisotopic (exact) mass is 434 g/mol. The van der Waals surface area contributed by atoms with E-state index in [1.165, 1.54) is 0 Å². The number of hydrogen-bond donors (Lipinski definition) is 1. The highest BCUT2D eigenvalue weighted by molar-refractivity contribution is 6.04. The Kier molecular flexibility index (Phi) is 6.39. The first-order chi connectivity index (χ1) is 15.6. The summed E-state index contributed by atoms with van der Waals surface area (Å²) in [5.74, 6) is -0.775. The smallest absolute Gasteiger partial charge is 0.340 e. The first-order valence-corrected chi connectivity index (χ1v) is 10.7. The molecular weight excluding hydrogens is 408 g/mol. The molecule has 32 heavy (non-hydrogen) atoms. The second-order valence-corrected chi connectivity index (χ2v) is 7.59. The fraction of sp³-hybridized carbons (Fsp3) is 0.292. The average molecular weight is 434 g/mol. The van der Waals surface area contributed by atoms with Crippen LogP contribution in [0.5, 0.6) is 0 Å². The lowest BCUT2D eigenvalue weighted by molar-refractivity contribution is -0.135. The molecule has 166 valence electrons. The number of nitrogens with zero attached hydrogens (tertiary/aromatic N) is 3. The number of rotatable bonds is 5. The summed E-state index contributed by atoms with van der Waals surface area (Å²) < 4.78 is 7.31. The fourth-order valence-electron chi connectivity index (χ4n) is 3.85. The molecular formula is C24H26N4O4. The molecule has 0 aliphatic carbocycles. The number of piperazine rings is 1. The van der Waals surface area contributed by atoms with Gasteiger partial charge < -0.3 is 24.4 Å². The molecule has 2 heterocycles. The number of esters is 1. The van der Waals surface area contributed by atoms with Crippen molar-refractivity contribution in [3.63, 3.8) is 0 Å². The van der Waals surface area contributed by atoms with Crippen LogP contribution in [0.25, 0.3) is 10.9 Å². The molecule has 1 N–H and O–H groups in total. The van der Waals surface area contributed by atoms with E-state index < -0.39 is 5.97 Å². The highest BCUT2D eigenvalue weighted by Crippen LogP contribution is 2.22. The van der Waals surface area contributed by atoms with Gasteiger partial charge in [0.05, 0.1) is 5.56 Å². The second kappa shape index (κ2) is 9.55. The first kappa shape index (κ1) is 21.4. The molecule has 1 fully saturated rings. The van der Waals surface area contributed by atoms with E-state index in [1.807, 2.05) is 66.1 Å². The summed E-state index contributed by atoms with van der Waals surface area (Å²) in [5.41, 5.74) is 2.14. The summed E-state index contributed by atoms with van der Waals surface area (Å²) >= 11 is 0. The van der Waals surface area contributed by atoms with E-state index in [4.69, 9.17) is 4.74 Å². The number of nitrogens with one attached hydrogen (secondary N) is 1. The first-order valence-electron chi connectivity index (χ1n) is 10.7. The summed E-state index contributed by atoms with van der Waals surface area (Å²) in [6, 6.07) is 16.7. The number of carbonyl (C=O) groups is 3. The van der Waals surface area contributed by atoms with Gasteiger partial charge in [-0.15, -0.1) is 0 Å². The normalized spacial score (nSPS) is 13.8. The number of ether oxygens (including phenoxy) is 1. The number of aromatic nitrogens is 1. The summed E-state index contributed by atoms with van der Waals surface area (Å²) in [7, 11) is 0. The van der Waals surface area contributed by atoms with E-state index >= 15 is 0 Å². The van der Waals surface area contributed by atoms with Gasteiger partial charge in [-0.25, -0.2) is 9.59 Å². The molecule has 0 radical (unpaired) electrons. The Morgan fingerprint density at radius 3 is 2.28 bits per heavy atom. The molecule has 1 aromatic heterocycles. The van der Waals surface area contributed by atoms with Gasteiger partial charge in [-0.3, -0.25) is 4.79 Å². The number of para-hydroxylation sites is 2. The van der Waals surface area contributed by atoms with Crippen LogP contribution in [0, 0.1) is 0 Å². The number of aryl methyl sites for hydroxylation is 1. The molecule has 1 aliphatic rings. The number of anilines is 1. The van der Waals surface area contributed by atoms with Gasteiger partial charge in [0.15, 0.2) is 6.61 Å². The fourth-order valence-corrected chi connectivity index (χ4v) is 3.85. The number of amides is 3. The van der Waals surface area contributed by atoms with Gasteiger partial charge in [-0.1, -0.05) is 36.4 Å². The molecule has 0 saturated carbocycles. The molecule has 0 spiro atoms. The number of benzene rings is 2. The maximum absolute atomic E-state index is 12.6. The highest BCUT2D eigenvalue weighted by Gasteiger charge is 2.25. The van der Waals surface area contributed by atoms with Crippen LogP contribution in [0.4, 0.5) is 10.5 Å². The van der Waals surface area contributed by atoms with Crippen LogP contribution in [0.1, 0.15) is 17.3 Å². The molecule has 8 nitrogen and oxygen atoms in total. The van der Waals surface area contributed by atoms with Crippen molar-refractivity contribution >= 4 is 34.5 Å². The van der Waals surface area contributed by atoms with Crippen LogP contribution in [-0.2, 0) is 16.1 Å². The van der Waals surface area contributed by atoms with Gasteiger partial charge in [-0.05, 0) is 25.1 Å². The standard InChI is InChI=1S/C24H26N4O4/c1-2-26-16-20(19-10-6-7-11-21(19)26)23(30)32-17-22(29)27-12-14-28(15-13-27)24(31)25-18-8-4-3-5-9-18/h3-11,16H,2,12-15,17H2,1H3,(H,25,31). The number of urea groups is 1. The van der Waals surface area contributed by atoms with Crippen molar-refractivity contribution in [2.24, 2.45) is 0 Å². The van der Waals surface area contributed by atoms with Crippen molar-refractivity contribution in [3.05, 3.63) is 66.4 Å². The minimum Gasteiger partial charge on any atom is -0.452 e. The third kappa shape index (κ3) is 4.59. The SMILES string of the molecule is CCn1cc(C(=O)OCC(=O)N2CCN(C(=O)Nc3ccccc3)CC2)c2ccccc21. The molecule has 0 bridgehead atoms. The molecule has 8 heteroatoms. The van der Waals surface area contributed by atoms with Crippen LogP contribution in [0.3, 0.4) is 0 Å². The van der Waals surface area contributed by atoms with Gasteiger partial charge in [0.2, 0.25) is 0 Å². The molecule has 4 rings (SSSR count). The quantitative estimate of drug-likeness (QED) is 0.625. The van der Waals surface area contributed by atoms with Gasteiger partial charge in [0.1, 0.15) is 0 Å². The van der Waals surface area contributed by atoms with Crippen molar-refractivity contribution in [1.29, 1.82) is 0 Å². The van der Waals surface area contributed by atoms with Crippen molar-refractivity contribution in [1.82, 2.24) is 14.4 Å². The average Bonchev–Trinajstić information content (AvgIpc) is 3.22. The molecule has 0 unspecified atom stereocenters. The molecule has 1 aliphatic heterocycles. The maximum atomic E-state index is 12.6. The third-order valence-corrected chi connectivity index (χ3v) is 5.62. The Labute approximate surface area is 186 Å². The molecule has 1 saturated heterocycles. The number of hydrogen-bond acceptors (Lipinski definition) is 4. The number of fused-ring (bicyclic) bond motifs is 1. The van der Waals surface area contributed by atoms with Crippen molar-refractivity contribution in [2.75, 3.05) is 38.1 Å². The van der Waals surface area contributed by atoms with Gasteiger partial charge in [0.25, 0.3) is 5.91 Å². The third-order valence-electron chi connectivity index (χ3n) is 5.62. The van der Waals surface area contributed by atoms with Crippen molar-refractivity contribution in [3.8, 4) is 0 Å². The van der Waals surface area contributed by atoms with Gasteiger partial charge >= 0.3 is 12.0 Å². The Hall–Kier alpha value is -3.81. The zero-order valence-electron chi connectivity index (χ0n) is 18.0. The Morgan fingerprint density at radius 1 is 0.906 bits per heavy atom. The molecule has 3 aromatic rings. The van der Waals surface area contributed by atoms with E-state index in [0.29, 0.717) is 31.7 Å². The van der Waals surface area contributed by atoms with E-state index in [0.717, 1.165) is 23.1 Å². The molecule has 2 aromatic carbocycles. The van der Waals surface area contributed by atoms with E-state index in [9.17, 15) is 14.4 Å². The molecule has 0 atom stereocenters. The van der Waals surface area contributed by atoms with Crippen LogP contribution >= 0.6 is 0 Å². The predicted molar refractivity (Wildman–Crippen MR) is 122 cm³/mol. The topological polar surface area (TPSA) is 83.9 Å². The highest BCUT2D eigenvalue weighted by atomic mass is 16.5. The van der Waals surface area contributed by atoms with Crippen LogP contribution in [0.2, 0.25) is 0 Å². The predicted octanol–water partition coefficient (Wildman–Crippen LogP) is 3.19. The van der Waals surface area contributed by atoms with E-state index in [1.54, 1.807) is 16.0 Å². The summed E-state index contributed by atoms with van der Waals surface area (Å²) in [6.45, 7) is 4.05. The summed E-state index contributed by atoms with van der Waals surface area (Å²) in [5, 5.41) is 3.66. The van der Waals surface area contributed by atoms with Crippen molar-refractivity contribution < 1.29 is 19.1 Å². The van der Waals surface area contributed by atoms with Gasteiger partial charge in [0, 0.05) is 55.5 Å². The van der Waals surface area contributed by atoms with Crippen LogP contribution in [-0.4, -0.2) is 65.1 Å². The minimum atomic E-state index is -0.511. The van der Waals surface area contributed by atoms with Crippen molar-refractivity contribution in [2.45, 2.75) is 13.5 Å². The largest absolute Gasteiger partial charge is 0.452 e. The lowest BCUT2D eigenvalue weighted by Gasteiger charge is -2.34. The summed E-state index contributed by atoms with van der Waals surface area (Å²) in [4.78, 5) is 40.9. The van der Waals surface area contributed by atoms with E-state index in [2.05, 4.69) is 5.32 Å². The lowest BCUT2D eigenvalue weighted by atomic mass is 10.2. The minimum absolute atomic E-state index is 0.193. The Balaban J connectivity index is 1.28. The zero-order chi connectivity index (χ0) is 22.5. The van der Waals surface area contributed by atoms with E-state index in [-0.39, 0.29) is 18.5 Å². The van der Waals surface area contributed by atoms with Crippen LogP contribution in [0.15, 0.2) is 60.8 Å². The Morgan fingerprint density at radius 2 is 1.56 bits per heavy atom. The zero-order valence-corrected chi connectivity index (χ0v) is 18.0. The summed E-state index contributed by atoms with van der Waals surface area (Å²) in [6.07, 6.45) is 1.77. The lowest BCUT2D eigenvalue weighted by Crippen LogP contribution is -2.52. The number of carbonyl (C=O) groups excluding carboxylic acids is 3. The van der Waals surface area contributed by atoms with Crippen LogP contribution < -0.4 is 5.32 Å². The second-order valence-electron chi connectivity index (χ2n) is 7.59. The molecule has 3 amide bonds. The maximum Gasteiger partial charge on any atom is 0.340 e.